The molecule has 3 aromatic carbocycles. The molecule has 3 aromatic rings. The van der Waals surface area contributed by atoms with E-state index in [9.17, 15) is 14.0 Å². The summed E-state index contributed by atoms with van der Waals surface area (Å²) in [5.74, 6) is -0.509. The van der Waals surface area contributed by atoms with Crippen LogP contribution >= 0.6 is 0 Å². The highest BCUT2D eigenvalue weighted by molar-refractivity contribution is 6.01. The van der Waals surface area contributed by atoms with Crippen LogP contribution in [0.3, 0.4) is 0 Å². The Morgan fingerprint density at radius 3 is 2.47 bits per heavy atom. The minimum atomic E-state index is -1.54. The predicted molar refractivity (Wildman–Crippen MR) is 160 cm³/mol. The third-order valence-corrected chi connectivity index (χ3v) is 6.65. The smallest absolute Gasteiger partial charge is 0.306 e. The van der Waals surface area contributed by atoms with Crippen molar-refractivity contribution >= 4 is 17.8 Å². The van der Waals surface area contributed by atoms with Crippen molar-refractivity contribution in [1.82, 2.24) is 10.9 Å². The molecular formula is C33H38FN3O6. The molecule has 0 saturated heterocycles. The number of hydrogen-bond donors (Lipinski definition) is 3. The number of benzene rings is 3. The second kappa shape index (κ2) is 14.3. The fourth-order valence-electron chi connectivity index (χ4n) is 4.67. The SMILES string of the molecule is CC(C)(C)OC(=O)CC[C@]1(C(=O)NNCc2cccc(F)c2)N=C(c2ccc(OCCCO)cc2)O[C@H]1c1ccccc1. The van der Waals surface area contributed by atoms with Gasteiger partial charge in [0.05, 0.1) is 6.61 Å². The monoisotopic (exact) mass is 591 g/mol. The number of aliphatic imine (C=N–C) groups is 1. The van der Waals surface area contributed by atoms with Gasteiger partial charge in [-0.3, -0.25) is 15.0 Å². The minimum Gasteiger partial charge on any atom is -0.494 e. The molecule has 0 aliphatic carbocycles. The molecule has 2 atom stereocenters. The van der Waals surface area contributed by atoms with Crippen molar-refractivity contribution in [2.24, 2.45) is 4.99 Å². The molecule has 1 amide bonds. The fraction of sp³-hybridized carbons (Fsp3) is 0.364. The molecule has 1 heterocycles. The summed E-state index contributed by atoms with van der Waals surface area (Å²) in [6, 6.07) is 22.3. The quantitative estimate of drug-likeness (QED) is 0.149. The Morgan fingerprint density at radius 1 is 1.05 bits per heavy atom. The van der Waals surface area contributed by atoms with Crippen molar-refractivity contribution in [3.63, 3.8) is 0 Å². The molecule has 0 spiro atoms. The molecule has 10 heteroatoms. The summed E-state index contributed by atoms with van der Waals surface area (Å²) in [5.41, 5.74) is 5.32. The standard InChI is InChI=1S/C33H38FN3O6/c1-32(2,3)43-28(39)17-18-33(31(40)37-35-22-23-9-7-12-26(34)21-23)29(24-10-5-4-6-11-24)42-30(36-33)25-13-15-27(16-14-25)41-20-8-19-38/h4-7,9-16,21,29,35,38H,8,17-20,22H2,1-3H3,(H,37,40)/t29-,33-/m0/s1. The summed E-state index contributed by atoms with van der Waals surface area (Å²) in [4.78, 5) is 31.7. The first-order valence-corrected chi connectivity index (χ1v) is 14.2. The topological polar surface area (TPSA) is 118 Å². The lowest BCUT2D eigenvalue weighted by Crippen LogP contribution is -2.52. The second-order valence-corrected chi connectivity index (χ2v) is 11.2. The fourth-order valence-corrected chi connectivity index (χ4v) is 4.67. The lowest BCUT2D eigenvalue weighted by molar-refractivity contribution is -0.155. The van der Waals surface area contributed by atoms with Crippen molar-refractivity contribution in [2.45, 2.75) is 63.8 Å². The first-order valence-electron chi connectivity index (χ1n) is 14.2. The number of hydrazine groups is 1. The third-order valence-electron chi connectivity index (χ3n) is 6.65. The number of aliphatic hydroxyl groups excluding tert-OH is 1. The third kappa shape index (κ3) is 8.62. The number of amides is 1. The number of nitrogens with one attached hydrogen (secondary N) is 2. The van der Waals surface area contributed by atoms with Crippen LogP contribution in [-0.2, 0) is 25.6 Å². The van der Waals surface area contributed by atoms with E-state index in [0.29, 0.717) is 35.5 Å². The van der Waals surface area contributed by atoms with Crippen LogP contribution in [0.2, 0.25) is 0 Å². The zero-order chi connectivity index (χ0) is 30.9. The van der Waals surface area contributed by atoms with Gasteiger partial charge in [-0.15, -0.1) is 0 Å². The summed E-state index contributed by atoms with van der Waals surface area (Å²) < 4.78 is 31.3. The van der Waals surface area contributed by atoms with E-state index in [2.05, 4.69) is 10.9 Å². The molecule has 0 radical (unpaired) electrons. The maximum atomic E-state index is 14.1. The Hall–Kier alpha value is -4.28. The molecule has 1 aliphatic heterocycles. The molecule has 4 rings (SSSR count). The number of ether oxygens (including phenoxy) is 3. The molecule has 0 bridgehead atoms. The summed E-state index contributed by atoms with van der Waals surface area (Å²) in [6.07, 6.45) is -0.433. The van der Waals surface area contributed by atoms with Gasteiger partial charge in [-0.05, 0) is 74.7 Å². The van der Waals surface area contributed by atoms with E-state index in [-0.39, 0.29) is 37.7 Å². The summed E-state index contributed by atoms with van der Waals surface area (Å²) >= 11 is 0. The molecule has 0 saturated carbocycles. The first-order chi connectivity index (χ1) is 20.6. The summed E-state index contributed by atoms with van der Waals surface area (Å²) in [5, 5.41) is 9.01. The van der Waals surface area contributed by atoms with Crippen LogP contribution in [0.25, 0.3) is 0 Å². The van der Waals surface area contributed by atoms with Gasteiger partial charge in [-0.25, -0.2) is 14.8 Å². The summed E-state index contributed by atoms with van der Waals surface area (Å²) in [7, 11) is 0. The Labute approximate surface area is 251 Å². The first kappa shape index (κ1) is 31.7. The van der Waals surface area contributed by atoms with E-state index in [1.165, 1.54) is 12.1 Å². The number of aliphatic hydroxyl groups is 1. The van der Waals surface area contributed by atoms with E-state index in [4.69, 9.17) is 24.3 Å². The van der Waals surface area contributed by atoms with E-state index in [1.807, 2.05) is 30.3 Å². The number of halogens is 1. The zero-order valence-electron chi connectivity index (χ0n) is 24.6. The number of rotatable bonds is 13. The van der Waals surface area contributed by atoms with Crippen LogP contribution < -0.4 is 15.6 Å². The Kier molecular flexibility index (Phi) is 10.5. The number of carbonyl (C=O) groups excluding carboxylic acids is 2. The van der Waals surface area contributed by atoms with Crippen LogP contribution in [-0.4, -0.2) is 47.2 Å². The Morgan fingerprint density at radius 2 is 1.79 bits per heavy atom. The average molecular weight is 592 g/mol. The van der Waals surface area contributed by atoms with Crippen molar-refractivity contribution in [3.05, 3.63) is 101 Å². The molecule has 0 aromatic heterocycles. The van der Waals surface area contributed by atoms with Gasteiger partial charge in [0.2, 0.25) is 5.90 Å². The molecular weight excluding hydrogens is 553 g/mol. The largest absolute Gasteiger partial charge is 0.494 e. The number of nitrogens with zero attached hydrogens (tertiary/aromatic N) is 1. The molecule has 0 unspecified atom stereocenters. The lowest BCUT2D eigenvalue weighted by Gasteiger charge is -2.31. The van der Waals surface area contributed by atoms with Gasteiger partial charge in [-0.1, -0.05) is 42.5 Å². The van der Waals surface area contributed by atoms with Crippen LogP contribution in [0.15, 0.2) is 83.9 Å². The molecule has 9 nitrogen and oxygen atoms in total. The van der Waals surface area contributed by atoms with Gasteiger partial charge in [0, 0.05) is 31.6 Å². The van der Waals surface area contributed by atoms with Crippen molar-refractivity contribution in [1.29, 1.82) is 0 Å². The van der Waals surface area contributed by atoms with Crippen LogP contribution in [0.1, 0.15) is 62.8 Å². The lowest BCUT2D eigenvalue weighted by atomic mass is 9.83. The van der Waals surface area contributed by atoms with Gasteiger partial charge in [0.15, 0.2) is 11.6 Å². The molecule has 228 valence electrons. The highest BCUT2D eigenvalue weighted by Gasteiger charge is 2.53. The van der Waals surface area contributed by atoms with Gasteiger partial charge in [0.1, 0.15) is 17.2 Å². The average Bonchev–Trinajstić information content (AvgIpc) is 3.37. The molecule has 0 fully saturated rings. The predicted octanol–water partition coefficient (Wildman–Crippen LogP) is 4.79. The van der Waals surface area contributed by atoms with Crippen LogP contribution in [0, 0.1) is 5.82 Å². The van der Waals surface area contributed by atoms with Crippen LogP contribution in [0.5, 0.6) is 5.75 Å². The number of carbonyl (C=O) groups is 2. The Bertz CT molecular complexity index is 1410. The van der Waals surface area contributed by atoms with Crippen LogP contribution in [0.4, 0.5) is 4.39 Å². The van der Waals surface area contributed by atoms with E-state index in [1.54, 1.807) is 57.2 Å². The molecule has 3 N–H and O–H groups in total. The van der Waals surface area contributed by atoms with Gasteiger partial charge >= 0.3 is 5.97 Å². The number of hydrogen-bond acceptors (Lipinski definition) is 8. The van der Waals surface area contributed by atoms with Gasteiger partial charge < -0.3 is 19.3 Å². The minimum absolute atomic E-state index is 0.000801. The van der Waals surface area contributed by atoms with Gasteiger partial charge in [-0.2, -0.15) is 0 Å². The van der Waals surface area contributed by atoms with E-state index in [0.717, 1.165) is 0 Å². The maximum absolute atomic E-state index is 14.1. The molecule has 1 aliphatic rings. The van der Waals surface area contributed by atoms with Crippen molar-refractivity contribution in [3.8, 4) is 5.75 Å². The van der Waals surface area contributed by atoms with E-state index < -0.39 is 29.1 Å². The Balaban J connectivity index is 1.66. The highest BCUT2D eigenvalue weighted by atomic mass is 19.1. The highest BCUT2D eigenvalue weighted by Crippen LogP contribution is 2.43. The molecule has 43 heavy (non-hydrogen) atoms. The van der Waals surface area contributed by atoms with Gasteiger partial charge in [0.25, 0.3) is 5.91 Å². The zero-order valence-corrected chi connectivity index (χ0v) is 24.6. The van der Waals surface area contributed by atoms with Crippen molar-refractivity contribution in [2.75, 3.05) is 13.2 Å². The summed E-state index contributed by atoms with van der Waals surface area (Å²) in [6.45, 7) is 5.92. The van der Waals surface area contributed by atoms with Crippen molar-refractivity contribution < 1.29 is 33.3 Å². The second-order valence-electron chi connectivity index (χ2n) is 11.2. The maximum Gasteiger partial charge on any atom is 0.306 e. The number of esters is 1. The normalized spacial score (nSPS) is 18.0. The van der Waals surface area contributed by atoms with E-state index >= 15 is 0 Å².